The van der Waals surface area contributed by atoms with E-state index in [2.05, 4.69) is 4.98 Å². The number of hydrogen-bond donors (Lipinski definition) is 0. The number of pyridine rings is 1. The summed E-state index contributed by atoms with van der Waals surface area (Å²) in [6, 6.07) is 15.0. The Labute approximate surface area is 128 Å². The molecule has 0 spiro atoms. The summed E-state index contributed by atoms with van der Waals surface area (Å²) in [5.74, 6) is 0. The molecule has 1 aromatic heterocycles. The quantitative estimate of drug-likeness (QED) is 0.853. The number of nitriles is 1. The highest BCUT2D eigenvalue weighted by Crippen LogP contribution is 2.26. The maximum atomic E-state index is 12.3. The Kier molecular flexibility index (Phi) is 4.01. The third-order valence-electron chi connectivity index (χ3n) is 3.58. The van der Waals surface area contributed by atoms with Gasteiger partial charge in [0.25, 0.3) is 0 Å². The number of rotatable bonds is 2. The third-order valence-corrected chi connectivity index (χ3v) is 3.58. The van der Waals surface area contributed by atoms with E-state index in [-0.39, 0.29) is 12.7 Å². The summed E-state index contributed by atoms with van der Waals surface area (Å²) in [6.07, 6.45) is 1.21. The van der Waals surface area contributed by atoms with Gasteiger partial charge in [0.05, 0.1) is 11.4 Å². The van der Waals surface area contributed by atoms with Crippen LogP contribution >= 0.6 is 0 Å². The lowest BCUT2D eigenvalue weighted by Crippen LogP contribution is -2.36. The van der Waals surface area contributed by atoms with E-state index < -0.39 is 0 Å². The average molecular weight is 293 g/mol. The van der Waals surface area contributed by atoms with E-state index in [1.807, 2.05) is 36.4 Å². The maximum Gasteiger partial charge on any atom is 0.414 e. The fourth-order valence-corrected chi connectivity index (χ4v) is 2.50. The minimum absolute atomic E-state index is 0.245. The zero-order valence-electron chi connectivity index (χ0n) is 12.0. The second kappa shape index (κ2) is 6.27. The molecule has 22 heavy (non-hydrogen) atoms. The van der Waals surface area contributed by atoms with Crippen molar-refractivity contribution in [1.29, 1.82) is 5.26 Å². The number of ether oxygens (including phenoxy) is 1. The Morgan fingerprint density at radius 1 is 1.27 bits per heavy atom. The lowest BCUT2D eigenvalue weighted by Gasteiger charge is -2.28. The number of carbonyl (C=O) groups is 1. The van der Waals surface area contributed by atoms with Crippen LogP contribution in [-0.2, 0) is 17.8 Å². The van der Waals surface area contributed by atoms with Gasteiger partial charge < -0.3 is 4.74 Å². The maximum absolute atomic E-state index is 12.3. The molecule has 0 bridgehead atoms. The second-order valence-corrected chi connectivity index (χ2v) is 5.07. The predicted octanol–water partition coefficient (Wildman–Crippen LogP) is 3.04. The van der Waals surface area contributed by atoms with Gasteiger partial charge in [-0.1, -0.05) is 30.3 Å². The third kappa shape index (κ3) is 2.91. The fraction of sp³-hybridized carbons (Fsp3) is 0.235. The second-order valence-electron chi connectivity index (χ2n) is 5.07. The van der Waals surface area contributed by atoms with Crippen molar-refractivity contribution in [3.05, 3.63) is 59.4 Å². The zero-order chi connectivity index (χ0) is 15.4. The van der Waals surface area contributed by atoms with Gasteiger partial charge in [0.15, 0.2) is 0 Å². The molecule has 1 aliphatic rings. The molecule has 110 valence electrons. The number of fused-ring (bicyclic) bond motifs is 1. The van der Waals surface area contributed by atoms with Crippen molar-refractivity contribution in [3.8, 4) is 6.07 Å². The Morgan fingerprint density at radius 3 is 2.86 bits per heavy atom. The molecule has 1 amide bonds. The van der Waals surface area contributed by atoms with Crippen molar-refractivity contribution in [3.63, 3.8) is 0 Å². The first-order valence-electron chi connectivity index (χ1n) is 7.16. The molecule has 2 aromatic rings. The van der Waals surface area contributed by atoms with Crippen molar-refractivity contribution in [2.45, 2.75) is 19.4 Å². The van der Waals surface area contributed by atoms with Crippen molar-refractivity contribution in [2.75, 3.05) is 11.4 Å². The highest BCUT2D eigenvalue weighted by atomic mass is 16.6. The van der Waals surface area contributed by atoms with Crippen LogP contribution in [-0.4, -0.2) is 17.6 Å². The van der Waals surface area contributed by atoms with E-state index in [0.29, 0.717) is 12.2 Å². The van der Waals surface area contributed by atoms with Crippen LogP contribution in [0, 0.1) is 11.3 Å². The molecule has 1 aliphatic heterocycles. The molecule has 5 nitrogen and oxygen atoms in total. The first-order chi connectivity index (χ1) is 10.8. The number of aryl methyl sites for hydroxylation is 1. The number of hydrogen-bond acceptors (Lipinski definition) is 4. The van der Waals surface area contributed by atoms with E-state index in [9.17, 15) is 4.79 Å². The Bertz CT molecular complexity index is 722. The molecule has 0 aliphatic carbocycles. The van der Waals surface area contributed by atoms with Crippen molar-refractivity contribution >= 4 is 11.8 Å². The summed E-state index contributed by atoms with van der Waals surface area (Å²) in [7, 11) is 0. The van der Waals surface area contributed by atoms with Gasteiger partial charge in [-0.05, 0) is 30.5 Å². The molecule has 2 heterocycles. The van der Waals surface area contributed by atoms with E-state index in [0.717, 1.165) is 29.8 Å². The van der Waals surface area contributed by atoms with Gasteiger partial charge in [-0.15, -0.1) is 0 Å². The number of amides is 1. The predicted molar refractivity (Wildman–Crippen MR) is 81.2 cm³/mol. The van der Waals surface area contributed by atoms with Crippen LogP contribution in [0.25, 0.3) is 0 Å². The summed E-state index contributed by atoms with van der Waals surface area (Å²) >= 11 is 0. The van der Waals surface area contributed by atoms with Crippen molar-refractivity contribution < 1.29 is 9.53 Å². The molecule has 0 saturated carbocycles. The highest BCUT2D eigenvalue weighted by Gasteiger charge is 2.24. The monoisotopic (exact) mass is 293 g/mol. The lowest BCUT2D eigenvalue weighted by molar-refractivity contribution is 0.146. The van der Waals surface area contributed by atoms with Gasteiger partial charge in [0.2, 0.25) is 0 Å². The van der Waals surface area contributed by atoms with Gasteiger partial charge >= 0.3 is 6.09 Å². The van der Waals surface area contributed by atoms with Gasteiger partial charge in [-0.25, -0.2) is 9.78 Å². The van der Waals surface area contributed by atoms with Crippen LogP contribution in [0.4, 0.5) is 10.5 Å². The minimum atomic E-state index is -0.378. The SMILES string of the molecule is N#Cc1ccc2c(n1)CCCN2C(=O)OCc1ccccc1. The topological polar surface area (TPSA) is 66.2 Å². The van der Waals surface area contributed by atoms with E-state index in [4.69, 9.17) is 10.00 Å². The number of anilines is 1. The smallest absolute Gasteiger partial charge is 0.414 e. The molecule has 0 N–H and O–H groups in total. The van der Waals surface area contributed by atoms with E-state index in [1.165, 1.54) is 0 Å². The van der Waals surface area contributed by atoms with Crippen molar-refractivity contribution in [1.82, 2.24) is 4.98 Å². The number of carbonyl (C=O) groups excluding carboxylic acids is 1. The Balaban J connectivity index is 1.73. The molecule has 0 saturated heterocycles. The normalized spacial score (nSPS) is 13.1. The first-order valence-corrected chi connectivity index (χ1v) is 7.16. The van der Waals surface area contributed by atoms with Gasteiger partial charge in [-0.2, -0.15) is 5.26 Å². The fourth-order valence-electron chi connectivity index (χ4n) is 2.50. The molecule has 0 atom stereocenters. The van der Waals surface area contributed by atoms with Crippen LogP contribution in [0.3, 0.4) is 0 Å². The summed E-state index contributed by atoms with van der Waals surface area (Å²) in [5, 5.41) is 8.91. The largest absolute Gasteiger partial charge is 0.444 e. The average Bonchev–Trinajstić information content (AvgIpc) is 2.59. The number of benzene rings is 1. The van der Waals surface area contributed by atoms with Gasteiger partial charge in [0.1, 0.15) is 18.4 Å². The molecular formula is C17H15N3O2. The Hall–Kier alpha value is -2.87. The zero-order valence-corrected chi connectivity index (χ0v) is 12.0. The summed E-state index contributed by atoms with van der Waals surface area (Å²) in [6.45, 7) is 0.851. The van der Waals surface area contributed by atoms with Crippen LogP contribution in [0.15, 0.2) is 42.5 Å². The van der Waals surface area contributed by atoms with Gasteiger partial charge in [-0.3, -0.25) is 4.90 Å². The van der Waals surface area contributed by atoms with Crippen LogP contribution in [0.5, 0.6) is 0 Å². The van der Waals surface area contributed by atoms with Crippen LogP contribution < -0.4 is 4.90 Å². The number of aromatic nitrogens is 1. The highest BCUT2D eigenvalue weighted by molar-refractivity contribution is 5.88. The van der Waals surface area contributed by atoms with E-state index >= 15 is 0 Å². The van der Waals surface area contributed by atoms with Gasteiger partial charge in [0, 0.05) is 6.54 Å². The molecule has 0 fully saturated rings. The Morgan fingerprint density at radius 2 is 2.09 bits per heavy atom. The summed E-state index contributed by atoms with van der Waals surface area (Å²) in [4.78, 5) is 18.2. The van der Waals surface area contributed by atoms with Crippen molar-refractivity contribution in [2.24, 2.45) is 0 Å². The molecular weight excluding hydrogens is 278 g/mol. The number of nitrogens with zero attached hydrogens (tertiary/aromatic N) is 3. The summed E-state index contributed by atoms with van der Waals surface area (Å²) < 4.78 is 5.38. The molecule has 5 heteroatoms. The molecule has 1 aromatic carbocycles. The van der Waals surface area contributed by atoms with Crippen LogP contribution in [0.1, 0.15) is 23.4 Å². The standard InChI is InChI=1S/C17H15N3O2/c18-11-14-8-9-16-15(19-14)7-4-10-20(16)17(21)22-12-13-5-2-1-3-6-13/h1-3,5-6,8-9H,4,7,10,12H2. The lowest BCUT2D eigenvalue weighted by atomic mass is 10.1. The minimum Gasteiger partial charge on any atom is -0.444 e. The molecule has 3 rings (SSSR count). The molecule has 0 unspecified atom stereocenters. The summed E-state index contributed by atoms with van der Waals surface area (Å²) in [5.41, 5.74) is 2.84. The first kappa shape index (κ1) is 14.1. The molecule has 0 radical (unpaired) electrons. The van der Waals surface area contributed by atoms with E-state index in [1.54, 1.807) is 17.0 Å². The van der Waals surface area contributed by atoms with Crippen LogP contribution in [0.2, 0.25) is 0 Å².